The van der Waals surface area contributed by atoms with Gasteiger partial charge in [0, 0.05) is 4.47 Å². The highest BCUT2D eigenvalue weighted by atomic mass is 79.9. The molecular formula is C11H15Br. The first kappa shape index (κ1) is 9.79. The Balaban J connectivity index is 3.21. The minimum absolute atomic E-state index is 0.612. The van der Waals surface area contributed by atoms with Gasteiger partial charge in [-0.15, -0.1) is 0 Å². The molecular weight excluding hydrogens is 212 g/mol. The molecule has 0 nitrogen and oxygen atoms in total. The first-order valence-electron chi connectivity index (χ1n) is 4.29. The minimum Gasteiger partial charge on any atom is -0.0587 e. The van der Waals surface area contributed by atoms with E-state index < -0.39 is 0 Å². The van der Waals surface area contributed by atoms with Crippen LogP contribution >= 0.6 is 15.9 Å². The van der Waals surface area contributed by atoms with E-state index in [0.29, 0.717) is 5.92 Å². The average Bonchev–Trinajstić information content (AvgIpc) is 1.99. The van der Waals surface area contributed by atoms with Crippen LogP contribution in [0.1, 0.15) is 36.5 Å². The molecule has 1 rings (SSSR count). The molecule has 0 unspecified atom stereocenters. The molecule has 1 aromatic rings. The Morgan fingerprint density at radius 1 is 1.17 bits per heavy atom. The molecule has 0 N–H and O–H groups in total. The maximum Gasteiger partial charge on any atom is 0.0209 e. The van der Waals surface area contributed by atoms with Gasteiger partial charge < -0.3 is 0 Å². The van der Waals surface area contributed by atoms with Crippen molar-refractivity contribution >= 4 is 15.9 Å². The van der Waals surface area contributed by atoms with Crippen molar-refractivity contribution < 1.29 is 0 Å². The van der Waals surface area contributed by atoms with Gasteiger partial charge in [-0.05, 0) is 42.5 Å². The summed E-state index contributed by atoms with van der Waals surface area (Å²) in [5.74, 6) is 0.612. The molecule has 12 heavy (non-hydrogen) atoms. The smallest absolute Gasteiger partial charge is 0.0209 e. The largest absolute Gasteiger partial charge is 0.0587 e. The Hall–Kier alpha value is -0.300. The van der Waals surface area contributed by atoms with E-state index in [1.807, 2.05) is 0 Å². The number of hydrogen-bond donors (Lipinski definition) is 0. The summed E-state index contributed by atoms with van der Waals surface area (Å²) < 4.78 is 1.23. The number of hydrogen-bond acceptors (Lipinski definition) is 0. The van der Waals surface area contributed by atoms with Crippen molar-refractivity contribution in [2.75, 3.05) is 0 Å². The third kappa shape index (κ3) is 1.89. The highest BCUT2D eigenvalue weighted by Crippen LogP contribution is 2.25. The predicted molar refractivity (Wildman–Crippen MR) is 57.7 cm³/mol. The molecule has 0 saturated heterocycles. The average molecular weight is 227 g/mol. The monoisotopic (exact) mass is 226 g/mol. The fraction of sp³-hybridized carbons (Fsp3) is 0.455. The molecule has 0 spiro atoms. The second-order valence-electron chi connectivity index (χ2n) is 3.60. The van der Waals surface area contributed by atoms with Crippen LogP contribution in [0.3, 0.4) is 0 Å². The summed E-state index contributed by atoms with van der Waals surface area (Å²) in [5, 5.41) is 0. The molecule has 1 aromatic carbocycles. The molecule has 0 atom stereocenters. The Labute approximate surface area is 83.1 Å². The summed E-state index contributed by atoms with van der Waals surface area (Å²) in [6.07, 6.45) is 0. The number of halogens is 1. The lowest BCUT2D eigenvalue weighted by Crippen LogP contribution is -1.91. The normalized spacial score (nSPS) is 10.8. The molecule has 0 aromatic heterocycles. The minimum atomic E-state index is 0.612. The first-order valence-corrected chi connectivity index (χ1v) is 5.08. The van der Waals surface area contributed by atoms with Crippen LogP contribution in [0.2, 0.25) is 0 Å². The van der Waals surface area contributed by atoms with Crippen LogP contribution in [-0.2, 0) is 0 Å². The van der Waals surface area contributed by atoms with E-state index >= 15 is 0 Å². The number of benzene rings is 1. The molecule has 0 aliphatic carbocycles. The van der Waals surface area contributed by atoms with E-state index in [1.54, 1.807) is 0 Å². The standard InChI is InChI=1S/C11H15Br/c1-7(2)10-5-8(3)9(4)11(12)6-10/h5-7H,1-4H3. The zero-order valence-corrected chi connectivity index (χ0v) is 9.70. The molecule has 0 radical (unpaired) electrons. The molecule has 0 aliphatic heterocycles. The maximum absolute atomic E-state index is 3.57. The lowest BCUT2D eigenvalue weighted by molar-refractivity contribution is 0.862. The molecule has 0 heterocycles. The highest BCUT2D eigenvalue weighted by Gasteiger charge is 2.04. The molecule has 0 fully saturated rings. The second kappa shape index (κ2) is 3.61. The summed E-state index contributed by atoms with van der Waals surface area (Å²) in [6, 6.07) is 4.48. The summed E-state index contributed by atoms with van der Waals surface area (Å²) in [6.45, 7) is 8.74. The lowest BCUT2D eigenvalue weighted by atomic mass is 9.99. The van der Waals surface area contributed by atoms with Gasteiger partial charge in [-0.25, -0.2) is 0 Å². The maximum atomic E-state index is 3.57. The lowest BCUT2D eigenvalue weighted by Gasteiger charge is -2.10. The van der Waals surface area contributed by atoms with Crippen molar-refractivity contribution in [3.8, 4) is 0 Å². The van der Waals surface area contributed by atoms with E-state index in [4.69, 9.17) is 0 Å². The quantitative estimate of drug-likeness (QED) is 0.674. The third-order valence-electron chi connectivity index (χ3n) is 2.29. The fourth-order valence-electron chi connectivity index (χ4n) is 1.18. The Bertz CT molecular complexity index is 264. The van der Waals surface area contributed by atoms with Gasteiger partial charge in [0.1, 0.15) is 0 Å². The second-order valence-corrected chi connectivity index (χ2v) is 4.45. The van der Waals surface area contributed by atoms with Crippen molar-refractivity contribution in [2.45, 2.75) is 33.6 Å². The number of rotatable bonds is 1. The van der Waals surface area contributed by atoms with E-state index in [0.717, 1.165) is 0 Å². The summed E-state index contributed by atoms with van der Waals surface area (Å²) in [4.78, 5) is 0. The van der Waals surface area contributed by atoms with E-state index in [9.17, 15) is 0 Å². The third-order valence-corrected chi connectivity index (χ3v) is 3.12. The van der Waals surface area contributed by atoms with Crippen molar-refractivity contribution in [1.29, 1.82) is 0 Å². The first-order chi connectivity index (χ1) is 5.52. The zero-order chi connectivity index (χ0) is 9.30. The van der Waals surface area contributed by atoms with Crippen LogP contribution in [0, 0.1) is 13.8 Å². The van der Waals surface area contributed by atoms with Crippen LogP contribution in [0.4, 0.5) is 0 Å². The Morgan fingerprint density at radius 3 is 2.17 bits per heavy atom. The van der Waals surface area contributed by atoms with Crippen LogP contribution in [0.25, 0.3) is 0 Å². The predicted octanol–water partition coefficient (Wildman–Crippen LogP) is 4.19. The molecule has 0 aliphatic rings. The summed E-state index contributed by atoms with van der Waals surface area (Å²) >= 11 is 3.57. The number of aryl methyl sites for hydroxylation is 1. The molecule has 0 bridgehead atoms. The van der Waals surface area contributed by atoms with Gasteiger partial charge in [0.15, 0.2) is 0 Å². The fourth-order valence-corrected chi connectivity index (χ4v) is 1.75. The van der Waals surface area contributed by atoms with Gasteiger partial charge in [-0.2, -0.15) is 0 Å². The van der Waals surface area contributed by atoms with E-state index in [1.165, 1.54) is 21.2 Å². The van der Waals surface area contributed by atoms with Gasteiger partial charge in [0.2, 0.25) is 0 Å². The SMILES string of the molecule is Cc1cc(C(C)C)cc(Br)c1C. The van der Waals surface area contributed by atoms with Crippen LogP contribution in [0.5, 0.6) is 0 Å². The van der Waals surface area contributed by atoms with E-state index in [-0.39, 0.29) is 0 Å². The Kier molecular flexibility index (Phi) is 2.94. The van der Waals surface area contributed by atoms with Crippen molar-refractivity contribution in [3.05, 3.63) is 33.3 Å². The van der Waals surface area contributed by atoms with Crippen molar-refractivity contribution in [1.82, 2.24) is 0 Å². The molecule has 1 heteroatoms. The van der Waals surface area contributed by atoms with Gasteiger partial charge >= 0.3 is 0 Å². The highest BCUT2D eigenvalue weighted by molar-refractivity contribution is 9.10. The van der Waals surface area contributed by atoms with Crippen molar-refractivity contribution in [3.63, 3.8) is 0 Å². The van der Waals surface area contributed by atoms with Gasteiger partial charge in [0.05, 0.1) is 0 Å². The molecule has 0 saturated carbocycles. The van der Waals surface area contributed by atoms with Crippen molar-refractivity contribution in [2.24, 2.45) is 0 Å². The van der Waals surface area contributed by atoms with Gasteiger partial charge in [-0.1, -0.05) is 35.8 Å². The van der Waals surface area contributed by atoms with Crippen LogP contribution < -0.4 is 0 Å². The van der Waals surface area contributed by atoms with Gasteiger partial charge in [0.25, 0.3) is 0 Å². The molecule has 0 amide bonds. The molecule has 66 valence electrons. The summed E-state index contributed by atoms with van der Waals surface area (Å²) in [7, 11) is 0. The van der Waals surface area contributed by atoms with E-state index in [2.05, 4.69) is 55.8 Å². The van der Waals surface area contributed by atoms with Crippen LogP contribution in [-0.4, -0.2) is 0 Å². The van der Waals surface area contributed by atoms with Gasteiger partial charge in [-0.3, -0.25) is 0 Å². The zero-order valence-electron chi connectivity index (χ0n) is 8.11. The summed E-state index contributed by atoms with van der Waals surface area (Å²) in [5.41, 5.74) is 4.12. The topological polar surface area (TPSA) is 0 Å². The van der Waals surface area contributed by atoms with Crippen LogP contribution in [0.15, 0.2) is 16.6 Å². The Morgan fingerprint density at radius 2 is 1.75 bits per heavy atom.